The number of carbonyl (C=O) groups excluding carboxylic acids is 1. The summed E-state index contributed by atoms with van der Waals surface area (Å²) in [5.74, 6) is -0.785. The van der Waals surface area contributed by atoms with Gasteiger partial charge in [-0.15, -0.1) is 10.2 Å². The Bertz CT molecular complexity index is 2630. The number of rotatable bonds is 14. The number of hydrogen-bond donors (Lipinski definition) is 7. The van der Waals surface area contributed by atoms with Gasteiger partial charge in [0.1, 0.15) is 27.4 Å². The molecular formula is C26H26FN9O13S4. The monoisotopic (exact) mass is 819 g/mol. The van der Waals surface area contributed by atoms with Crippen LogP contribution in [0.4, 0.5) is 43.8 Å². The molecule has 4 rings (SSSR count). The second kappa shape index (κ2) is 15.0. The molecule has 8 N–H and O–H groups in total. The van der Waals surface area contributed by atoms with Crippen LogP contribution in [0.5, 0.6) is 0 Å². The summed E-state index contributed by atoms with van der Waals surface area (Å²) in [6.45, 7) is 5.84. The summed E-state index contributed by atoms with van der Waals surface area (Å²) in [5.41, 5.74) is 2.78. The Labute approximate surface area is 299 Å². The Balaban J connectivity index is 1.73. The van der Waals surface area contributed by atoms with Crippen LogP contribution in [0.3, 0.4) is 0 Å². The lowest BCUT2D eigenvalue weighted by atomic mass is 10.1. The van der Waals surface area contributed by atoms with Gasteiger partial charge in [-0.25, -0.2) is 13.2 Å². The number of sulfone groups is 1. The molecule has 0 saturated carbocycles. The lowest BCUT2D eigenvalue weighted by Gasteiger charge is -2.19. The number of carbonyl (C=O) groups is 1. The molecule has 284 valence electrons. The van der Waals surface area contributed by atoms with E-state index in [4.69, 9.17) is 10.5 Å². The number of amides is 2. The number of benzene rings is 3. The van der Waals surface area contributed by atoms with Crippen molar-refractivity contribution in [3.8, 4) is 0 Å². The van der Waals surface area contributed by atoms with E-state index in [2.05, 4.69) is 47.7 Å². The van der Waals surface area contributed by atoms with Crippen molar-refractivity contribution in [3.05, 3.63) is 60.5 Å². The molecule has 4 aromatic rings. The number of primary amides is 1. The van der Waals surface area contributed by atoms with Gasteiger partial charge in [-0.1, -0.05) is 6.58 Å². The predicted molar refractivity (Wildman–Crippen MR) is 183 cm³/mol. The van der Waals surface area contributed by atoms with Gasteiger partial charge >= 0.3 is 12.1 Å². The Hall–Kier alpha value is -5.29. The molecular weight excluding hydrogens is 794 g/mol. The van der Waals surface area contributed by atoms with E-state index < -0.39 is 101 Å². The van der Waals surface area contributed by atoms with Crippen molar-refractivity contribution >= 4 is 91.6 Å². The number of fused-ring (bicyclic) bond motifs is 1. The smallest absolute Gasteiger partial charge is 0.316 e. The molecule has 0 spiro atoms. The third-order valence-electron chi connectivity index (χ3n) is 6.63. The van der Waals surface area contributed by atoms with Gasteiger partial charge in [0.25, 0.3) is 30.4 Å². The van der Waals surface area contributed by atoms with E-state index in [0.29, 0.717) is 23.6 Å². The van der Waals surface area contributed by atoms with E-state index >= 15 is 0 Å². The van der Waals surface area contributed by atoms with E-state index in [1.54, 1.807) is 0 Å². The highest BCUT2D eigenvalue weighted by Crippen LogP contribution is 2.37. The SMILES string of the molecule is C=CS(=O)(=O)C(C)OC(C)Nc1nc(F)nc(Nc2ccc(N=Nc3cc4c(S(=O)(=O)O)cc(S(=O)(=O)O)cc4cc3S(=O)(=O)O)c(NC(N)=O)c2)n1. The Morgan fingerprint density at radius 3 is 2.08 bits per heavy atom. The van der Waals surface area contributed by atoms with Gasteiger partial charge in [0, 0.05) is 16.5 Å². The van der Waals surface area contributed by atoms with Gasteiger partial charge in [-0.2, -0.15) is 44.6 Å². The van der Waals surface area contributed by atoms with E-state index in [0.717, 1.165) is 6.07 Å². The maximum absolute atomic E-state index is 14.3. The average molecular weight is 820 g/mol. The van der Waals surface area contributed by atoms with Crippen LogP contribution >= 0.6 is 0 Å². The molecule has 2 unspecified atom stereocenters. The predicted octanol–water partition coefficient (Wildman–Crippen LogP) is 3.23. The molecule has 1 heterocycles. The van der Waals surface area contributed by atoms with Crippen LogP contribution < -0.4 is 21.7 Å². The second-order valence-corrected chi connectivity index (χ2v) is 16.8. The first-order valence-corrected chi connectivity index (χ1v) is 19.9. The van der Waals surface area contributed by atoms with Gasteiger partial charge in [0.2, 0.25) is 11.9 Å². The number of aromatic nitrogens is 3. The fraction of sp³-hybridized carbons (Fsp3) is 0.154. The maximum atomic E-state index is 14.3. The fourth-order valence-electron chi connectivity index (χ4n) is 4.32. The summed E-state index contributed by atoms with van der Waals surface area (Å²) in [5, 5.41) is 14.7. The zero-order chi connectivity index (χ0) is 39.7. The minimum Gasteiger partial charge on any atom is -0.351 e. The molecule has 1 aromatic heterocycles. The van der Waals surface area contributed by atoms with Gasteiger partial charge in [0.15, 0.2) is 15.3 Å². The molecule has 0 radical (unpaired) electrons. The highest BCUT2D eigenvalue weighted by atomic mass is 32.2. The van der Waals surface area contributed by atoms with Gasteiger partial charge in [-0.3, -0.25) is 13.7 Å². The number of ether oxygens (including phenoxy) is 1. The molecule has 2 atom stereocenters. The van der Waals surface area contributed by atoms with Crippen molar-refractivity contribution in [2.75, 3.05) is 16.0 Å². The van der Waals surface area contributed by atoms with E-state index in [1.807, 2.05) is 0 Å². The molecule has 27 heteroatoms. The molecule has 53 heavy (non-hydrogen) atoms. The van der Waals surface area contributed by atoms with Crippen LogP contribution in [0.1, 0.15) is 13.8 Å². The van der Waals surface area contributed by atoms with Crippen molar-refractivity contribution in [1.29, 1.82) is 0 Å². The molecule has 0 bridgehead atoms. The summed E-state index contributed by atoms with van der Waals surface area (Å²) in [7, 11) is -19.3. The van der Waals surface area contributed by atoms with Crippen LogP contribution in [0.25, 0.3) is 10.8 Å². The van der Waals surface area contributed by atoms with E-state index in [9.17, 15) is 56.5 Å². The van der Waals surface area contributed by atoms with Crippen LogP contribution in [0.2, 0.25) is 0 Å². The van der Waals surface area contributed by atoms with Crippen molar-refractivity contribution < 1.29 is 61.3 Å². The number of urea groups is 1. The summed E-state index contributed by atoms with van der Waals surface area (Å²) in [6.07, 6.45) is -2.33. The number of azo groups is 1. The molecule has 3 aromatic carbocycles. The number of hydrogen-bond acceptors (Lipinski definition) is 17. The van der Waals surface area contributed by atoms with Crippen LogP contribution in [0.15, 0.2) is 79.4 Å². The molecule has 22 nitrogen and oxygen atoms in total. The highest BCUT2D eigenvalue weighted by molar-refractivity contribution is 7.94. The third kappa shape index (κ3) is 10.2. The first kappa shape index (κ1) is 40.5. The van der Waals surface area contributed by atoms with Crippen LogP contribution in [-0.4, -0.2) is 80.0 Å². The largest absolute Gasteiger partial charge is 0.351 e. The summed E-state index contributed by atoms with van der Waals surface area (Å²) in [6, 6.07) is 4.85. The minimum atomic E-state index is -5.22. The van der Waals surface area contributed by atoms with Crippen molar-refractivity contribution in [2.24, 2.45) is 16.0 Å². The number of nitrogens with one attached hydrogen (secondary N) is 3. The summed E-state index contributed by atoms with van der Waals surface area (Å²) in [4.78, 5) is 19.6. The number of nitrogens with zero attached hydrogens (tertiary/aromatic N) is 5. The topological polar surface area (TPSA) is 349 Å². The minimum absolute atomic E-state index is 0.0519. The first-order chi connectivity index (χ1) is 24.4. The highest BCUT2D eigenvalue weighted by Gasteiger charge is 2.25. The molecule has 0 aliphatic rings. The zero-order valence-electron chi connectivity index (χ0n) is 26.7. The van der Waals surface area contributed by atoms with Gasteiger partial charge in [-0.05, 0) is 61.7 Å². The fourth-order valence-corrected chi connectivity index (χ4v) is 6.90. The van der Waals surface area contributed by atoms with E-state index in [-0.39, 0.29) is 23.0 Å². The van der Waals surface area contributed by atoms with Crippen LogP contribution in [0, 0.1) is 6.08 Å². The molecule has 0 aliphatic carbocycles. The first-order valence-electron chi connectivity index (χ1n) is 14.0. The Morgan fingerprint density at radius 2 is 1.49 bits per heavy atom. The van der Waals surface area contributed by atoms with E-state index in [1.165, 1.54) is 32.0 Å². The van der Waals surface area contributed by atoms with Crippen molar-refractivity contribution in [3.63, 3.8) is 0 Å². The van der Waals surface area contributed by atoms with Crippen LogP contribution in [-0.2, 0) is 44.9 Å². The molecule has 0 aliphatic heterocycles. The Morgan fingerprint density at radius 1 is 0.868 bits per heavy atom. The summed E-state index contributed by atoms with van der Waals surface area (Å²) < 4.78 is 145. The Kier molecular flexibility index (Phi) is 11.4. The summed E-state index contributed by atoms with van der Waals surface area (Å²) >= 11 is 0. The molecule has 0 fully saturated rings. The van der Waals surface area contributed by atoms with Crippen molar-refractivity contribution in [1.82, 2.24) is 15.0 Å². The molecule has 2 amide bonds. The lowest BCUT2D eigenvalue weighted by molar-refractivity contribution is 0.0690. The number of halogens is 1. The lowest BCUT2D eigenvalue weighted by Crippen LogP contribution is -2.29. The molecule has 0 saturated heterocycles. The average Bonchev–Trinajstić information content (AvgIpc) is 3.01. The second-order valence-electron chi connectivity index (χ2n) is 10.4. The van der Waals surface area contributed by atoms with Gasteiger partial charge in [0.05, 0.1) is 10.6 Å². The third-order valence-corrected chi connectivity index (χ3v) is 10.7. The van der Waals surface area contributed by atoms with Gasteiger partial charge < -0.3 is 26.4 Å². The standard InChI is InChI=1S/C26H26FN9O13S4/c1-4-50(38,39)13(3)49-12(2)29-25-32-23(27)33-26(34-25)30-15-5-6-18(19(9-15)31-24(28)37)35-36-20-11-17-14(8-22(20)53(46,47)48)7-16(51(40,41)42)10-21(17)52(43,44)45/h4-13H,1H2,2-3H3,(H3,28,31,37)(H,40,41,42)(H,43,44,45)(H,46,47,48)(H2,29,30,32,33,34). The number of nitrogens with two attached hydrogens (primary N) is 1. The maximum Gasteiger partial charge on any atom is 0.316 e. The quantitative estimate of drug-likeness (QED) is 0.0545. The normalized spacial score (nSPS) is 13.8. The van der Waals surface area contributed by atoms with Crippen molar-refractivity contribution in [2.45, 2.75) is 40.2 Å². The zero-order valence-corrected chi connectivity index (χ0v) is 30.0. The number of anilines is 4.